The number of carbonyl (C=O) groups excluding carboxylic acids is 2. The van der Waals surface area contributed by atoms with Gasteiger partial charge in [0.25, 0.3) is 0 Å². The van der Waals surface area contributed by atoms with Crippen molar-refractivity contribution in [3.05, 3.63) is 58.8 Å². The van der Waals surface area contributed by atoms with E-state index in [1.807, 2.05) is 0 Å². The minimum absolute atomic E-state index is 0.276. The fourth-order valence-electron chi connectivity index (χ4n) is 2.68. The first kappa shape index (κ1) is 17.4. The maximum absolute atomic E-state index is 13.0. The number of piperazine rings is 1. The van der Waals surface area contributed by atoms with Gasteiger partial charge in [-0.15, -0.1) is 0 Å². The molecule has 1 heterocycles. The van der Waals surface area contributed by atoms with E-state index in [0.717, 1.165) is 10.2 Å². The standard InChI is InChI=1S/C18H17BrFN3O2/c19-13-1-5-15(6-2-13)21-17(24)18(25)23-11-9-22(10-12-23)16-7-3-14(20)4-8-16/h1-8H,9-12H2,(H,21,24). The van der Waals surface area contributed by atoms with E-state index in [2.05, 4.69) is 26.1 Å². The van der Waals surface area contributed by atoms with Crippen LogP contribution in [0.1, 0.15) is 0 Å². The first-order valence-corrected chi connectivity index (χ1v) is 8.68. The molecule has 0 radical (unpaired) electrons. The van der Waals surface area contributed by atoms with E-state index in [1.54, 1.807) is 36.4 Å². The zero-order valence-electron chi connectivity index (χ0n) is 13.4. The summed E-state index contributed by atoms with van der Waals surface area (Å²) >= 11 is 3.32. The molecule has 1 aliphatic heterocycles. The number of hydrogen-bond acceptors (Lipinski definition) is 3. The Balaban J connectivity index is 1.54. The summed E-state index contributed by atoms with van der Waals surface area (Å²) in [5, 5.41) is 2.61. The Kier molecular flexibility index (Phi) is 5.33. The van der Waals surface area contributed by atoms with Gasteiger partial charge in [-0.3, -0.25) is 9.59 Å². The van der Waals surface area contributed by atoms with Crippen molar-refractivity contribution in [2.45, 2.75) is 0 Å². The van der Waals surface area contributed by atoms with Crippen LogP contribution >= 0.6 is 15.9 Å². The van der Waals surface area contributed by atoms with E-state index >= 15 is 0 Å². The third-order valence-corrected chi connectivity index (χ3v) is 4.58. The molecule has 2 aromatic carbocycles. The van der Waals surface area contributed by atoms with Gasteiger partial charge in [-0.2, -0.15) is 0 Å². The summed E-state index contributed by atoms with van der Waals surface area (Å²) in [6, 6.07) is 13.3. The van der Waals surface area contributed by atoms with Gasteiger partial charge >= 0.3 is 11.8 Å². The van der Waals surface area contributed by atoms with E-state index in [9.17, 15) is 14.0 Å². The van der Waals surface area contributed by atoms with E-state index in [1.165, 1.54) is 17.0 Å². The number of nitrogens with one attached hydrogen (secondary N) is 1. The van der Waals surface area contributed by atoms with E-state index in [-0.39, 0.29) is 5.82 Å². The number of anilines is 2. The summed E-state index contributed by atoms with van der Waals surface area (Å²) in [4.78, 5) is 28.0. The van der Waals surface area contributed by atoms with Crippen molar-refractivity contribution in [1.29, 1.82) is 0 Å². The van der Waals surface area contributed by atoms with E-state index in [4.69, 9.17) is 0 Å². The van der Waals surface area contributed by atoms with Crippen LogP contribution in [0.3, 0.4) is 0 Å². The largest absolute Gasteiger partial charge is 0.368 e. The molecule has 3 rings (SSSR count). The van der Waals surface area contributed by atoms with Crippen LogP contribution in [0.5, 0.6) is 0 Å². The molecule has 0 bridgehead atoms. The van der Waals surface area contributed by atoms with Crippen molar-refractivity contribution in [2.75, 3.05) is 36.4 Å². The molecular formula is C18H17BrFN3O2. The average molecular weight is 406 g/mol. The molecule has 0 saturated carbocycles. The maximum Gasteiger partial charge on any atom is 0.313 e. The predicted molar refractivity (Wildman–Crippen MR) is 98.0 cm³/mol. The smallest absolute Gasteiger partial charge is 0.313 e. The predicted octanol–water partition coefficient (Wildman–Crippen LogP) is 2.88. The van der Waals surface area contributed by atoms with Crippen molar-refractivity contribution in [1.82, 2.24) is 4.90 Å². The van der Waals surface area contributed by atoms with Gasteiger partial charge in [0, 0.05) is 42.0 Å². The molecule has 0 aromatic heterocycles. The van der Waals surface area contributed by atoms with Crippen LogP contribution in [0.4, 0.5) is 15.8 Å². The lowest BCUT2D eigenvalue weighted by atomic mass is 10.2. The second-order valence-corrected chi connectivity index (χ2v) is 6.63. The van der Waals surface area contributed by atoms with Crippen LogP contribution < -0.4 is 10.2 Å². The van der Waals surface area contributed by atoms with Gasteiger partial charge in [-0.1, -0.05) is 15.9 Å². The first-order valence-electron chi connectivity index (χ1n) is 7.89. The van der Waals surface area contributed by atoms with E-state index in [0.29, 0.717) is 31.9 Å². The monoisotopic (exact) mass is 405 g/mol. The molecule has 130 valence electrons. The average Bonchev–Trinajstić information content (AvgIpc) is 2.64. The van der Waals surface area contributed by atoms with Crippen molar-refractivity contribution in [3.8, 4) is 0 Å². The fourth-order valence-corrected chi connectivity index (χ4v) is 2.95. The SMILES string of the molecule is O=C(Nc1ccc(Br)cc1)C(=O)N1CCN(c2ccc(F)cc2)CC1. The Morgan fingerprint density at radius 2 is 1.52 bits per heavy atom. The van der Waals surface area contributed by atoms with Crippen LogP contribution in [0.15, 0.2) is 53.0 Å². The van der Waals surface area contributed by atoms with Gasteiger partial charge in [-0.05, 0) is 48.5 Å². The van der Waals surface area contributed by atoms with Crippen LogP contribution in [0.2, 0.25) is 0 Å². The first-order chi connectivity index (χ1) is 12.0. The van der Waals surface area contributed by atoms with Crippen molar-refractivity contribution < 1.29 is 14.0 Å². The van der Waals surface area contributed by atoms with Gasteiger partial charge < -0.3 is 15.1 Å². The quantitative estimate of drug-likeness (QED) is 0.781. The Labute approximate surface area is 153 Å². The van der Waals surface area contributed by atoms with E-state index < -0.39 is 11.8 Å². The van der Waals surface area contributed by atoms with Gasteiger partial charge in [0.1, 0.15) is 5.82 Å². The molecule has 0 aliphatic carbocycles. The summed E-state index contributed by atoms with van der Waals surface area (Å²) in [5.74, 6) is -1.46. The summed E-state index contributed by atoms with van der Waals surface area (Å²) in [5.41, 5.74) is 1.49. The van der Waals surface area contributed by atoms with Crippen molar-refractivity contribution in [2.24, 2.45) is 0 Å². The lowest BCUT2D eigenvalue weighted by Gasteiger charge is -2.35. The number of carbonyl (C=O) groups is 2. The van der Waals surface area contributed by atoms with Crippen molar-refractivity contribution in [3.63, 3.8) is 0 Å². The summed E-state index contributed by atoms with van der Waals surface area (Å²) in [6.07, 6.45) is 0. The highest BCUT2D eigenvalue weighted by Gasteiger charge is 2.26. The van der Waals surface area contributed by atoms with Crippen LogP contribution in [0.25, 0.3) is 0 Å². The molecule has 0 unspecified atom stereocenters. The van der Waals surface area contributed by atoms with Crippen LogP contribution in [-0.4, -0.2) is 42.9 Å². The van der Waals surface area contributed by atoms with Crippen LogP contribution in [0, 0.1) is 5.82 Å². The number of amides is 2. The molecule has 7 heteroatoms. The molecule has 2 amide bonds. The number of benzene rings is 2. The fraction of sp³-hybridized carbons (Fsp3) is 0.222. The number of hydrogen-bond donors (Lipinski definition) is 1. The Bertz CT molecular complexity index is 757. The summed E-state index contributed by atoms with van der Waals surface area (Å²) in [6.45, 7) is 2.10. The number of halogens is 2. The molecule has 2 aromatic rings. The molecule has 25 heavy (non-hydrogen) atoms. The molecule has 5 nitrogen and oxygen atoms in total. The van der Waals surface area contributed by atoms with Gasteiger partial charge in [-0.25, -0.2) is 4.39 Å². The highest BCUT2D eigenvalue weighted by Crippen LogP contribution is 2.17. The number of nitrogens with zero attached hydrogens (tertiary/aromatic N) is 2. The molecule has 1 N–H and O–H groups in total. The summed E-state index contributed by atoms with van der Waals surface area (Å²) < 4.78 is 13.9. The van der Waals surface area contributed by atoms with Gasteiger partial charge in [0.05, 0.1) is 0 Å². The lowest BCUT2D eigenvalue weighted by molar-refractivity contribution is -0.143. The second-order valence-electron chi connectivity index (χ2n) is 5.72. The molecule has 0 atom stereocenters. The maximum atomic E-state index is 13.0. The zero-order valence-corrected chi connectivity index (χ0v) is 15.0. The highest BCUT2D eigenvalue weighted by molar-refractivity contribution is 9.10. The second kappa shape index (κ2) is 7.65. The third kappa shape index (κ3) is 4.36. The van der Waals surface area contributed by atoms with Crippen LogP contribution in [-0.2, 0) is 9.59 Å². The Morgan fingerprint density at radius 1 is 0.920 bits per heavy atom. The summed E-state index contributed by atoms with van der Waals surface area (Å²) in [7, 11) is 0. The van der Waals surface area contributed by atoms with Gasteiger partial charge in [0.2, 0.25) is 0 Å². The lowest BCUT2D eigenvalue weighted by Crippen LogP contribution is -2.51. The molecule has 1 fully saturated rings. The zero-order chi connectivity index (χ0) is 17.8. The minimum atomic E-state index is -0.641. The molecule has 1 saturated heterocycles. The molecule has 1 aliphatic rings. The molecule has 0 spiro atoms. The Hall–Kier alpha value is -2.41. The number of rotatable bonds is 2. The normalized spacial score (nSPS) is 14.3. The topological polar surface area (TPSA) is 52.7 Å². The third-order valence-electron chi connectivity index (χ3n) is 4.05. The Morgan fingerprint density at radius 3 is 2.12 bits per heavy atom. The highest BCUT2D eigenvalue weighted by atomic mass is 79.9. The minimum Gasteiger partial charge on any atom is -0.368 e. The van der Waals surface area contributed by atoms with Gasteiger partial charge in [0.15, 0.2) is 0 Å². The van der Waals surface area contributed by atoms with Crippen molar-refractivity contribution >= 4 is 39.1 Å². The molecular weight excluding hydrogens is 389 g/mol.